The molecule has 0 radical (unpaired) electrons. The standard InChI is InChI=1S/C28H50O5/c1-4-5-6-7-8-9-10-11-18-23-33-27(3)19-14-12-16-21-31-24-26(2)25-32-22-17-13-15-20-28(29)30/h11,18H,2-10,12-17,19-25H2,1H3,(H,29,30). The van der Waals surface area contributed by atoms with Crippen molar-refractivity contribution in [2.24, 2.45) is 0 Å². The van der Waals surface area contributed by atoms with E-state index in [9.17, 15) is 4.79 Å². The van der Waals surface area contributed by atoms with Crippen LogP contribution < -0.4 is 0 Å². The van der Waals surface area contributed by atoms with Gasteiger partial charge < -0.3 is 19.3 Å². The van der Waals surface area contributed by atoms with Crippen molar-refractivity contribution in [1.29, 1.82) is 0 Å². The number of unbranched alkanes of at least 4 members (excludes halogenated alkanes) is 10. The summed E-state index contributed by atoms with van der Waals surface area (Å²) >= 11 is 0. The van der Waals surface area contributed by atoms with Crippen LogP contribution in [-0.4, -0.2) is 44.1 Å². The van der Waals surface area contributed by atoms with Crippen LogP contribution in [0.15, 0.2) is 36.6 Å². The summed E-state index contributed by atoms with van der Waals surface area (Å²) in [6.45, 7) is 13.3. The molecule has 0 aromatic rings. The van der Waals surface area contributed by atoms with Crippen molar-refractivity contribution < 1.29 is 24.1 Å². The second kappa shape index (κ2) is 25.0. The minimum atomic E-state index is -0.735. The Kier molecular flexibility index (Phi) is 23.8. The first-order chi connectivity index (χ1) is 16.1. The zero-order valence-electron chi connectivity index (χ0n) is 21.3. The van der Waals surface area contributed by atoms with Gasteiger partial charge in [-0.15, -0.1) is 0 Å². The van der Waals surface area contributed by atoms with Crippen molar-refractivity contribution >= 4 is 5.97 Å². The average molecular weight is 467 g/mol. The van der Waals surface area contributed by atoms with E-state index in [4.69, 9.17) is 19.3 Å². The molecule has 0 unspecified atom stereocenters. The third-order valence-corrected chi connectivity index (χ3v) is 5.31. The number of carboxylic acids is 1. The smallest absolute Gasteiger partial charge is 0.303 e. The maximum atomic E-state index is 10.4. The van der Waals surface area contributed by atoms with Gasteiger partial charge in [0.1, 0.15) is 6.61 Å². The summed E-state index contributed by atoms with van der Waals surface area (Å²) in [7, 11) is 0. The lowest BCUT2D eigenvalue weighted by molar-refractivity contribution is -0.137. The molecule has 0 atom stereocenters. The monoisotopic (exact) mass is 466 g/mol. The molecule has 0 heterocycles. The summed E-state index contributed by atoms with van der Waals surface area (Å²) in [5, 5.41) is 8.58. The van der Waals surface area contributed by atoms with Gasteiger partial charge in [-0.2, -0.15) is 0 Å². The van der Waals surface area contributed by atoms with Crippen molar-refractivity contribution in [1.82, 2.24) is 0 Å². The first-order valence-corrected chi connectivity index (χ1v) is 13.1. The minimum Gasteiger partial charge on any atom is -0.495 e. The number of carbonyl (C=O) groups is 1. The molecule has 0 bridgehead atoms. The molecule has 5 nitrogen and oxygen atoms in total. The molecule has 0 amide bonds. The van der Waals surface area contributed by atoms with E-state index < -0.39 is 5.97 Å². The molecule has 5 heteroatoms. The summed E-state index contributed by atoms with van der Waals surface area (Å²) in [6, 6.07) is 0. The highest BCUT2D eigenvalue weighted by atomic mass is 16.5. The van der Waals surface area contributed by atoms with Crippen molar-refractivity contribution in [2.45, 2.75) is 103 Å². The Hall–Kier alpha value is -1.59. The van der Waals surface area contributed by atoms with Gasteiger partial charge in [0.15, 0.2) is 0 Å². The molecule has 192 valence electrons. The number of hydrogen-bond acceptors (Lipinski definition) is 4. The number of rotatable bonds is 26. The fourth-order valence-corrected chi connectivity index (χ4v) is 3.30. The third-order valence-electron chi connectivity index (χ3n) is 5.31. The van der Waals surface area contributed by atoms with Crippen molar-refractivity contribution in [3.8, 4) is 0 Å². The Bertz CT molecular complexity index is 512. The van der Waals surface area contributed by atoms with Gasteiger partial charge in [0.05, 0.1) is 19.0 Å². The van der Waals surface area contributed by atoms with Gasteiger partial charge in [0.2, 0.25) is 0 Å². The Morgan fingerprint density at radius 1 is 0.758 bits per heavy atom. The van der Waals surface area contributed by atoms with Crippen LogP contribution in [-0.2, 0) is 19.0 Å². The number of aliphatic carboxylic acids is 1. The van der Waals surface area contributed by atoms with Crippen LogP contribution in [0.4, 0.5) is 0 Å². The van der Waals surface area contributed by atoms with Gasteiger partial charge >= 0.3 is 5.97 Å². The highest BCUT2D eigenvalue weighted by Crippen LogP contribution is 2.10. The highest BCUT2D eigenvalue weighted by Gasteiger charge is 1.99. The van der Waals surface area contributed by atoms with Crippen molar-refractivity contribution in [3.05, 3.63) is 36.6 Å². The van der Waals surface area contributed by atoms with Crippen LogP contribution in [0.3, 0.4) is 0 Å². The molecule has 33 heavy (non-hydrogen) atoms. The molecule has 0 saturated carbocycles. The maximum absolute atomic E-state index is 10.4. The normalized spacial score (nSPS) is 11.2. The quantitative estimate of drug-likeness (QED) is 0.0807. The minimum absolute atomic E-state index is 0.235. The van der Waals surface area contributed by atoms with Crippen molar-refractivity contribution in [2.75, 3.05) is 33.0 Å². The summed E-state index contributed by atoms with van der Waals surface area (Å²) < 4.78 is 16.9. The molecule has 0 spiro atoms. The Morgan fingerprint density at radius 2 is 1.33 bits per heavy atom. The Balaban J connectivity index is 3.35. The SMILES string of the molecule is C=C(COCCCCCC(=C)OCC=CCCCCCCCC)COCCCCCC(=O)O. The fraction of sp³-hybridized carbons (Fsp3) is 0.750. The zero-order chi connectivity index (χ0) is 24.4. The number of allylic oxidation sites excluding steroid dienone is 2. The number of carboxylic acid groups (broad SMARTS) is 1. The topological polar surface area (TPSA) is 65.0 Å². The van der Waals surface area contributed by atoms with E-state index in [-0.39, 0.29) is 6.42 Å². The zero-order valence-corrected chi connectivity index (χ0v) is 21.3. The Morgan fingerprint density at radius 3 is 1.97 bits per heavy atom. The highest BCUT2D eigenvalue weighted by molar-refractivity contribution is 5.66. The van der Waals surface area contributed by atoms with Gasteiger partial charge in [0, 0.05) is 26.1 Å². The molecule has 0 fully saturated rings. The predicted octanol–water partition coefficient (Wildman–Crippen LogP) is 7.62. The Labute approximate surface area is 203 Å². The second-order valence-corrected chi connectivity index (χ2v) is 8.75. The second-order valence-electron chi connectivity index (χ2n) is 8.75. The molecule has 0 aliphatic heterocycles. The van der Waals surface area contributed by atoms with E-state index in [1.54, 1.807) is 0 Å². The molecular formula is C28H50O5. The fourth-order valence-electron chi connectivity index (χ4n) is 3.30. The van der Waals surface area contributed by atoms with E-state index in [2.05, 4.69) is 32.2 Å². The van der Waals surface area contributed by atoms with E-state index in [1.165, 1.54) is 38.5 Å². The predicted molar refractivity (Wildman–Crippen MR) is 138 cm³/mol. The summed E-state index contributed by atoms with van der Waals surface area (Å²) in [5.74, 6) is 0.134. The molecule has 1 N–H and O–H groups in total. The van der Waals surface area contributed by atoms with Crippen molar-refractivity contribution in [3.63, 3.8) is 0 Å². The lowest BCUT2D eigenvalue weighted by atomic mass is 10.1. The summed E-state index contributed by atoms with van der Waals surface area (Å²) in [6.07, 6.45) is 20.3. The van der Waals surface area contributed by atoms with Crippen LogP contribution in [0.5, 0.6) is 0 Å². The van der Waals surface area contributed by atoms with E-state index >= 15 is 0 Å². The van der Waals surface area contributed by atoms with Gasteiger partial charge in [-0.1, -0.05) is 77.2 Å². The van der Waals surface area contributed by atoms with Crippen LogP contribution in [0.1, 0.15) is 103 Å². The third kappa shape index (κ3) is 26.5. The van der Waals surface area contributed by atoms with E-state index in [0.29, 0.717) is 32.8 Å². The molecule has 0 aliphatic rings. The number of ether oxygens (including phenoxy) is 3. The van der Waals surface area contributed by atoms with Crippen LogP contribution in [0.2, 0.25) is 0 Å². The van der Waals surface area contributed by atoms with Crippen LogP contribution in [0.25, 0.3) is 0 Å². The first kappa shape index (κ1) is 31.4. The lowest BCUT2D eigenvalue weighted by Gasteiger charge is -2.09. The summed E-state index contributed by atoms with van der Waals surface area (Å²) in [4.78, 5) is 10.4. The lowest BCUT2D eigenvalue weighted by Crippen LogP contribution is -2.06. The molecule has 0 rings (SSSR count). The molecular weight excluding hydrogens is 416 g/mol. The van der Waals surface area contributed by atoms with Gasteiger partial charge in [-0.3, -0.25) is 4.79 Å². The number of hydrogen-bond donors (Lipinski definition) is 1. The maximum Gasteiger partial charge on any atom is 0.303 e. The van der Waals surface area contributed by atoms with Crippen LogP contribution in [0, 0.1) is 0 Å². The van der Waals surface area contributed by atoms with E-state index in [0.717, 1.165) is 62.9 Å². The first-order valence-electron chi connectivity index (χ1n) is 13.1. The van der Waals surface area contributed by atoms with Gasteiger partial charge in [-0.25, -0.2) is 0 Å². The largest absolute Gasteiger partial charge is 0.495 e. The van der Waals surface area contributed by atoms with Gasteiger partial charge in [0.25, 0.3) is 0 Å². The molecule has 0 aliphatic carbocycles. The average Bonchev–Trinajstić information content (AvgIpc) is 2.78. The molecule has 0 aromatic heterocycles. The molecule has 0 aromatic carbocycles. The summed E-state index contributed by atoms with van der Waals surface area (Å²) in [5.41, 5.74) is 0.937. The van der Waals surface area contributed by atoms with Gasteiger partial charge in [-0.05, 0) is 44.1 Å². The van der Waals surface area contributed by atoms with Crippen LogP contribution >= 0.6 is 0 Å². The van der Waals surface area contributed by atoms with E-state index in [1.807, 2.05) is 0 Å². The molecule has 0 saturated heterocycles.